The minimum absolute atomic E-state index is 0.171. The molecule has 166 valence electrons. The number of ether oxygens (including phenoxy) is 1. The van der Waals surface area contributed by atoms with Crippen molar-refractivity contribution in [3.8, 4) is 0 Å². The van der Waals surface area contributed by atoms with Gasteiger partial charge < -0.3 is 20.4 Å². The molecule has 0 aliphatic rings. The average molecular weight is 432 g/mol. The van der Waals surface area contributed by atoms with Gasteiger partial charge in [0.1, 0.15) is 16.9 Å². The standard InChI is InChI=1S/C25H29N5O2/c1-16(2)32-14-6-13-27-25(31)21-22-24(29-20-8-5-4-7-19(20)28-22)30(23(21)26)15-18-11-9-17(3)10-12-18/h4-5,7-12,16H,6,13-15,26H2,1-3H3,(H,27,31). The number of aryl methyl sites for hydroxylation is 1. The molecule has 4 aromatic rings. The van der Waals surface area contributed by atoms with E-state index >= 15 is 0 Å². The largest absolute Gasteiger partial charge is 0.384 e. The highest BCUT2D eigenvalue weighted by atomic mass is 16.5. The molecule has 0 saturated heterocycles. The Hall–Kier alpha value is -3.45. The highest BCUT2D eigenvalue weighted by Crippen LogP contribution is 2.28. The number of nitrogens with zero attached hydrogens (tertiary/aromatic N) is 3. The van der Waals surface area contributed by atoms with Gasteiger partial charge >= 0.3 is 0 Å². The second kappa shape index (κ2) is 9.36. The van der Waals surface area contributed by atoms with Gasteiger partial charge in [0.15, 0.2) is 5.65 Å². The first-order valence-electron chi connectivity index (χ1n) is 10.9. The number of carbonyl (C=O) groups excluding carboxylic acids is 1. The van der Waals surface area contributed by atoms with Crippen LogP contribution < -0.4 is 11.1 Å². The lowest BCUT2D eigenvalue weighted by molar-refractivity contribution is 0.0757. The van der Waals surface area contributed by atoms with Gasteiger partial charge in [0.2, 0.25) is 0 Å². The summed E-state index contributed by atoms with van der Waals surface area (Å²) in [6.07, 6.45) is 0.894. The minimum atomic E-state index is -0.246. The molecule has 0 aliphatic heterocycles. The predicted octanol–water partition coefficient (Wildman–Crippen LogP) is 4.07. The van der Waals surface area contributed by atoms with Gasteiger partial charge in [-0.3, -0.25) is 4.79 Å². The van der Waals surface area contributed by atoms with Crippen molar-refractivity contribution in [2.24, 2.45) is 0 Å². The quantitative estimate of drug-likeness (QED) is 0.410. The third kappa shape index (κ3) is 4.57. The summed E-state index contributed by atoms with van der Waals surface area (Å²) in [5.41, 5.74) is 11.8. The van der Waals surface area contributed by atoms with E-state index in [0.717, 1.165) is 23.0 Å². The first-order chi connectivity index (χ1) is 15.4. The van der Waals surface area contributed by atoms with Crippen molar-refractivity contribution in [1.82, 2.24) is 19.9 Å². The van der Waals surface area contributed by atoms with Crippen molar-refractivity contribution in [2.75, 3.05) is 18.9 Å². The molecule has 0 saturated carbocycles. The number of benzene rings is 2. The number of hydrogen-bond acceptors (Lipinski definition) is 5. The maximum absolute atomic E-state index is 13.1. The summed E-state index contributed by atoms with van der Waals surface area (Å²) in [5, 5.41) is 2.96. The van der Waals surface area contributed by atoms with Gasteiger partial charge in [-0.25, -0.2) is 9.97 Å². The van der Waals surface area contributed by atoms with E-state index in [-0.39, 0.29) is 12.0 Å². The lowest BCUT2D eigenvalue weighted by Crippen LogP contribution is -2.26. The fourth-order valence-corrected chi connectivity index (χ4v) is 3.66. The second-order valence-electron chi connectivity index (χ2n) is 8.25. The molecule has 0 atom stereocenters. The number of fused-ring (bicyclic) bond motifs is 2. The van der Waals surface area contributed by atoms with E-state index in [1.807, 2.05) is 42.7 Å². The van der Waals surface area contributed by atoms with Crippen LogP contribution in [0, 0.1) is 6.92 Å². The van der Waals surface area contributed by atoms with E-state index in [2.05, 4.69) is 36.5 Å². The molecule has 0 radical (unpaired) electrons. The summed E-state index contributed by atoms with van der Waals surface area (Å²) < 4.78 is 7.42. The number of nitrogens with one attached hydrogen (secondary N) is 1. The van der Waals surface area contributed by atoms with E-state index in [4.69, 9.17) is 20.4 Å². The van der Waals surface area contributed by atoms with E-state index < -0.39 is 0 Å². The lowest BCUT2D eigenvalue weighted by Gasteiger charge is -2.09. The molecule has 0 fully saturated rings. The molecular formula is C25H29N5O2. The number of anilines is 1. The van der Waals surface area contributed by atoms with Crippen LogP contribution in [0.4, 0.5) is 5.82 Å². The number of nitrogen functional groups attached to an aromatic ring is 1. The molecule has 3 N–H and O–H groups in total. The number of rotatable bonds is 8. The third-order valence-electron chi connectivity index (χ3n) is 5.34. The van der Waals surface area contributed by atoms with Gasteiger partial charge in [-0.05, 0) is 44.9 Å². The van der Waals surface area contributed by atoms with Crippen LogP contribution in [0.5, 0.6) is 0 Å². The fraction of sp³-hybridized carbons (Fsp3) is 0.320. The van der Waals surface area contributed by atoms with Crippen LogP contribution in [-0.2, 0) is 11.3 Å². The summed E-state index contributed by atoms with van der Waals surface area (Å²) in [6.45, 7) is 7.63. The summed E-state index contributed by atoms with van der Waals surface area (Å²) in [7, 11) is 0. The Kier molecular flexibility index (Phi) is 6.37. The molecule has 1 amide bonds. The van der Waals surface area contributed by atoms with Crippen LogP contribution >= 0.6 is 0 Å². The van der Waals surface area contributed by atoms with Crippen molar-refractivity contribution in [3.05, 3.63) is 65.2 Å². The number of para-hydroxylation sites is 2. The summed E-state index contributed by atoms with van der Waals surface area (Å²) >= 11 is 0. The molecule has 0 spiro atoms. The van der Waals surface area contributed by atoms with Crippen molar-refractivity contribution >= 4 is 33.9 Å². The molecule has 7 nitrogen and oxygen atoms in total. The molecule has 4 rings (SSSR count). The number of nitrogens with two attached hydrogens (primary N) is 1. The van der Waals surface area contributed by atoms with Crippen LogP contribution in [0.25, 0.3) is 22.2 Å². The van der Waals surface area contributed by atoms with Crippen LogP contribution in [0.3, 0.4) is 0 Å². The zero-order valence-corrected chi connectivity index (χ0v) is 18.8. The molecule has 0 aliphatic carbocycles. The maximum atomic E-state index is 13.1. The lowest BCUT2D eigenvalue weighted by atomic mass is 10.1. The highest BCUT2D eigenvalue weighted by molar-refractivity contribution is 6.10. The van der Waals surface area contributed by atoms with Gasteiger partial charge in [0.05, 0.1) is 23.7 Å². The zero-order valence-electron chi connectivity index (χ0n) is 18.8. The molecule has 2 heterocycles. The SMILES string of the molecule is Cc1ccc(Cn2c(N)c(C(=O)NCCCOC(C)C)c3nc4ccccc4nc32)cc1. The Morgan fingerprint density at radius 2 is 1.78 bits per heavy atom. The van der Waals surface area contributed by atoms with E-state index in [0.29, 0.717) is 42.2 Å². The summed E-state index contributed by atoms with van der Waals surface area (Å²) in [6, 6.07) is 15.9. The molecule has 2 aromatic heterocycles. The highest BCUT2D eigenvalue weighted by Gasteiger charge is 2.24. The van der Waals surface area contributed by atoms with Gasteiger partial charge in [-0.2, -0.15) is 0 Å². The number of aromatic nitrogens is 3. The molecule has 0 bridgehead atoms. The van der Waals surface area contributed by atoms with Crippen molar-refractivity contribution in [1.29, 1.82) is 0 Å². The Bertz CT molecular complexity index is 1240. The van der Waals surface area contributed by atoms with Crippen LogP contribution in [0.15, 0.2) is 48.5 Å². The molecule has 7 heteroatoms. The summed E-state index contributed by atoms with van der Waals surface area (Å²) in [5.74, 6) is 0.121. The van der Waals surface area contributed by atoms with Gasteiger partial charge in [0.25, 0.3) is 5.91 Å². The smallest absolute Gasteiger partial charge is 0.257 e. The molecule has 32 heavy (non-hydrogen) atoms. The topological polar surface area (TPSA) is 95.1 Å². The van der Waals surface area contributed by atoms with Crippen molar-refractivity contribution in [3.63, 3.8) is 0 Å². The Morgan fingerprint density at radius 1 is 1.09 bits per heavy atom. The normalized spacial score (nSPS) is 11.5. The molecule has 2 aromatic carbocycles. The van der Waals surface area contributed by atoms with E-state index in [1.165, 1.54) is 5.56 Å². The fourth-order valence-electron chi connectivity index (χ4n) is 3.66. The van der Waals surface area contributed by atoms with E-state index in [1.54, 1.807) is 0 Å². The predicted molar refractivity (Wildman–Crippen MR) is 128 cm³/mol. The molecule has 0 unspecified atom stereocenters. The van der Waals surface area contributed by atoms with Gasteiger partial charge in [0, 0.05) is 13.2 Å². The van der Waals surface area contributed by atoms with Gasteiger partial charge in [-0.15, -0.1) is 0 Å². The average Bonchev–Trinajstić information content (AvgIpc) is 3.03. The monoisotopic (exact) mass is 431 g/mol. The van der Waals surface area contributed by atoms with Crippen molar-refractivity contribution in [2.45, 2.75) is 39.8 Å². The van der Waals surface area contributed by atoms with E-state index in [9.17, 15) is 4.79 Å². The van der Waals surface area contributed by atoms with Crippen LogP contribution in [0.1, 0.15) is 41.8 Å². The second-order valence-corrected chi connectivity index (χ2v) is 8.25. The van der Waals surface area contributed by atoms with Gasteiger partial charge in [-0.1, -0.05) is 42.0 Å². The Morgan fingerprint density at radius 3 is 2.47 bits per heavy atom. The number of carbonyl (C=O) groups is 1. The molecular weight excluding hydrogens is 402 g/mol. The Balaban J connectivity index is 1.70. The Labute approximate surface area is 187 Å². The minimum Gasteiger partial charge on any atom is -0.384 e. The zero-order chi connectivity index (χ0) is 22.7. The van der Waals surface area contributed by atoms with Crippen LogP contribution in [-0.4, -0.2) is 39.7 Å². The third-order valence-corrected chi connectivity index (χ3v) is 5.34. The van der Waals surface area contributed by atoms with Crippen LogP contribution in [0.2, 0.25) is 0 Å². The first kappa shape index (κ1) is 21.8. The maximum Gasteiger partial charge on any atom is 0.257 e. The number of hydrogen-bond donors (Lipinski definition) is 2. The van der Waals surface area contributed by atoms with Crippen molar-refractivity contribution < 1.29 is 9.53 Å². The summed E-state index contributed by atoms with van der Waals surface area (Å²) in [4.78, 5) is 22.7. The first-order valence-corrected chi connectivity index (χ1v) is 10.9. The number of amides is 1.